The maximum atomic E-state index is 4.71. The van der Waals surface area contributed by atoms with Crippen LogP contribution in [-0.4, -0.2) is 19.9 Å². The number of benzene rings is 7. The van der Waals surface area contributed by atoms with Crippen molar-refractivity contribution in [2.24, 2.45) is 0 Å². The Morgan fingerprint density at radius 1 is 0.222 bits per heavy atom. The highest BCUT2D eigenvalue weighted by Gasteiger charge is 2.37. The van der Waals surface area contributed by atoms with Crippen LogP contribution in [0.3, 0.4) is 0 Å². The Morgan fingerprint density at radius 2 is 0.458 bits per heavy atom. The molecule has 0 saturated carbocycles. The molecule has 7 aromatic carbocycles. The van der Waals surface area contributed by atoms with E-state index < -0.39 is 0 Å². The fraction of sp³-hybridized carbons (Fsp3) is 0.0882. The van der Waals surface area contributed by atoms with Crippen molar-refractivity contribution in [3.63, 3.8) is 0 Å². The lowest BCUT2D eigenvalue weighted by Crippen LogP contribution is -2.15. The van der Waals surface area contributed by atoms with Crippen LogP contribution in [0.1, 0.15) is 49.9 Å². The first-order chi connectivity index (χ1) is 35.2. The summed E-state index contributed by atoms with van der Waals surface area (Å²) in [6.07, 6.45) is 7.42. The van der Waals surface area contributed by atoms with Gasteiger partial charge in [0.05, 0.1) is 22.8 Å². The zero-order chi connectivity index (χ0) is 48.6. The van der Waals surface area contributed by atoms with E-state index in [4.69, 9.17) is 19.9 Å². The quantitative estimate of drug-likeness (QED) is 0.152. The van der Waals surface area contributed by atoms with Gasteiger partial charge in [-0.15, -0.1) is 0 Å². The first-order valence-corrected chi connectivity index (χ1v) is 24.8. The number of nitrogens with zero attached hydrogens (tertiary/aromatic N) is 4. The zero-order valence-electron chi connectivity index (χ0n) is 40.7. The van der Waals surface area contributed by atoms with Crippen molar-refractivity contribution in [1.29, 1.82) is 0 Å². The topological polar surface area (TPSA) is 51.6 Å². The Labute approximate surface area is 421 Å². The zero-order valence-corrected chi connectivity index (χ0v) is 40.7. The predicted molar refractivity (Wildman–Crippen MR) is 296 cm³/mol. The smallest absolute Gasteiger partial charge is 0.0702 e. The molecule has 13 rings (SSSR count). The van der Waals surface area contributed by atoms with Gasteiger partial charge in [-0.2, -0.15) is 0 Å². The van der Waals surface area contributed by atoms with Gasteiger partial charge in [0.2, 0.25) is 0 Å². The lowest BCUT2D eigenvalue weighted by Gasteiger charge is -2.23. The average Bonchev–Trinajstić information content (AvgIpc) is 3.81. The first kappa shape index (κ1) is 43.2. The van der Waals surface area contributed by atoms with Crippen LogP contribution in [0.25, 0.3) is 112 Å². The van der Waals surface area contributed by atoms with Crippen molar-refractivity contribution in [3.05, 3.63) is 253 Å². The van der Waals surface area contributed by atoms with E-state index in [0.29, 0.717) is 0 Å². The monoisotopic (exact) mass is 922 g/mol. The largest absolute Gasteiger partial charge is 0.256 e. The van der Waals surface area contributed by atoms with Crippen LogP contribution in [0.15, 0.2) is 231 Å². The molecule has 0 N–H and O–H groups in total. The minimum Gasteiger partial charge on any atom is -0.256 e. The summed E-state index contributed by atoms with van der Waals surface area (Å²) in [4.78, 5) is 18.8. The van der Waals surface area contributed by atoms with E-state index in [0.717, 1.165) is 56.2 Å². The van der Waals surface area contributed by atoms with Gasteiger partial charge in [0, 0.05) is 57.9 Å². The molecule has 0 radical (unpaired) electrons. The minimum atomic E-state index is -0.194. The van der Waals surface area contributed by atoms with Gasteiger partial charge in [0.25, 0.3) is 0 Å². The van der Waals surface area contributed by atoms with Gasteiger partial charge in [-0.1, -0.05) is 125 Å². The molecule has 0 bridgehead atoms. The maximum Gasteiger partial charge on any atom is 0.0702 e. The van der Waals surface area contributed by atoms with E-state index in [1.807, 2.05) is 73.3 Å². The molecule has 0 saturated heterocycles. The highest BCUT2D eigenvalue weighted by atomic mass is 14.7. The lowest BCUT2D eigenvalue weighted by atomic mass is 9.80. The molecule has 11 aromatic rings. The Morgan fingerprint density at radius 3 is 0.708 bits per heavy atom. The van der Waals surface area contributed by atoms with E-state index >= 15 is 0 Å². The van der Waals surface area contributed by atoms with Crippen LogP contribution >= 0.6 is 0 Å². The summed E-state index contributed by atoms with van der Waals surface area (Å²) in [5.74, 6) is 0. The van der Waals surface area contributed by atoms with Crippen molar-refractivity contribution in [2.75, 3.05) is 0 Å². The molecule has 0 spiro atoms. The molecule has 2 aliphatic carbocycles. The summed E-state index contributed by atoms with van der Waals surface area (Å²) in [5, 5.41) is 0. The van der Waals surface area contributed by atoms with Crippen molar-refractivity contribution >= 4 is 0 Å². The average molecular weight is 923 g/mol. The Bertz CT molecular complexity index is 3510. The van der Waals surface area contributed by atoms with Crippen molar-refractivity contribution in [1.82, 2.24) is 19.9 Å². The number of pyridine rings is 4. The van der Waals surface area contributed by atoms with Crippen LogP contribution in [0.5, 0.6) is 0 Å². The fourth-order valence-corrected chi connectivity index (χ4v) is 11.4. The maximum absolute atomic E-state index is 4.71. The van der Waals surface area contributed by atoms with Crippen molar-refractivity contribution in [2.45, 2.75) is 38.5 Å². The Hall–Kier alpha value is -8.86. The van der Waals surface area contributed by atoms with Crippen LogP contribution in [0, 0.1) is 0 Å². The summed E-state index contributed by atoms with van der Waals surface area (Å²) in [6.45, 7) is 9.47. The van der Waals surface area contributed by atoms with Gasteiger partial charge in [-0.25, -0.2) is 0 Å². The van der Waals surface area contributed by atoms with Gasteiger partial charge in [0.15, 0.2) is 0 Å². The molecule has 4 aromatic heterocycles. The van der Waals surface area contributed by atoms with Gasteiger partial charge in [-0.05, 0) is 198 Å². The van der Waals surface area contributed by atoms with E-state index in [1.54, 1.807) is 0 Å². The normalized spacial score (nSPS) is 13.5. The standard InChI is InChI=1S/C68H50N4/c1-67(2)59-39-45(21-25-55(59)57-27-23-47(41-61(57)67)49-33-51(63-13-5-9-29-69-63)37-52(34-49)64-14-6-10-30-70-64)43-17-19-44(20-18-43)46-22-26-56-58-28-24-48(42-62(58)68(3,4)60(56)40-46)50-35-53(65-15-7-11-31-71-65)38-54(36-50)66-16-8-12-32-72-66/h5-42H,1-4H3. The van der Waals surface area contributed by atoms with Gasteiger partial charge >= 0.3 is 0 Å². The molecule has 4 nitrogen and oxygen atoms in total. The van der Waals surface area contributed by atoms with E-state index in [2.05, 4.69) is 185 Å². The molecule has 0 fully saturated rings. The van der Waals surface area contributed by atoms with Crippen LogP contribution in [0.2, 0.25) is 0 Å². The molecule has 342 valence electrons. The molecule has 0 unspecified atom stereocenters. The SMILES string of the molecule is CC1(C)c2cc(-c3ccc(-c4ccc5c(c4)C(C)(C)c4cc(-c6cc(-c7ccccn7)cc(-c7ccccn7)c6)ccc4-5)cc3)ccc2-c2ccc(-c3cc(-c4ccccn4)cc(-c4ccccn4)c3)cc21. The number of hydrogen-bond donors (Lipinski definition) is 0. The lowest BCUT2D eigenvalue weighted by molar-refractivity contribution is 0.660. The van der Waals surface area contributed by atoms with E-state index in [1.165, 1.54) is 77.9 Å². The third kappa shape index (κ3) is 7.38. The summed E-state index contributed by atoms with van der Waals surface area (Å²) < 4.78 is 0. The van der Waals surface area contributed by atoms with Gasteiger partial charge < -0.3 is 0 Å². The summed E-state index contributed by atoms with van der Waals surface area (Å²) in [5.41, 5.74) is 27.8. The second-order valence-electron chi connectivity index (χ2n) is 20.3. The minimum absolute atomic E-state index is 0.194. The number of aromatic nitrogens is 4. The molecule has 72 heavy (non-hydrogen) atoms. The highest BCUT2D eigenvalue weighted by Crippen LogP contribution is 2.53. The first-order valence-electron chi connectivity index (χ1n) is 24.8. The highest BCUT2D eigenvalue weighted by molar-refractivity contribution is 5.90. The molecule has 0 aliphatic heterocycles. The van der Waals surface area contributed by atoms with Crippen molar-refractivity contribution in [3.8, 4) is 112 Å². The molecule has 2 aliphatic rings. The Balaban J connectivity index is 0.782. The summed E-state index contributed by atoms with van der Waals surface area (Å²) in [7, 11) is 0. The third-order valence-electron chi connectivity index (χ3n) is 15.3. The van der Waals surface area contributed by atoms with Crippen LogP contribution < -0.4 is 0 Å². The van der Waals surface area contributed by atoms with Crippen LogP contribution in [-0.2, 0) is 10.8 Å². The molecule has 4 heteroatoms. The van der Waals surface area contributed by atoms with Gasteiger partial charge in [-0.3, -0.25) is 19.9 Å². The molecule has 4 heterocycles. The van der Waals surface area contributed by atoms with E-state index in [-0.39, 0.29) is 10.8 Å². The predicted octanol–water partition coefficient (Wildman–Crippen LogP) is 17.2. The number of fused-ring (bicyclic) bond motifs is 6. The fourth-order valence-electron chi connectivity index (χ4n) is 11.4. The third-order valence-corrected chi connectivity index (χ3v) is 15.3. The summed E-state index contributed by atoms with van der Waals surface area (Å²) >= 11 is 0. The van der Waals surface area contributed by atoms with Gasteiger partial charge in [0.1, 0.15) is 0 Å². The Kier molecular flexibility index (Phi) is 10.2. The summed E-state index contributed by atoms with van der Waals surface area (Å²) in [6, 6.07) is 75.0. The van der Waals surface area contributed by atoms with Crippen molar-refractivity contribution < 1.29 is 0 Å². The van der Waals surface area contributed by atoms with Crippen LogP contribution in [0.4, 0.5) is 0 Å². The molecule has 0 amide bonds. The van der Waals surface area contributed by atoms with E-state index in [9.17, 15) is 0 Å². The second-order valence-corrected chi connectivity index (χ2v) is 20.3. The molecular weight excluding hydrogens is 873 g/mol. The molecule has 0 atom stereocenters. The number of hydrogen-bond acceptors (Lipinski definition) is 4. The molecular formula is C68H50N4. The second kappa shape index (κ2) is 16.9. The number of rotatable bonds is 8.